The van der Waals surface area contributed by atoms with Gasteiger partial charge in [-0.25, -0.2) is 4.79 Å². The smallest absolute Gasteiger partial charge is 0.328 e. The first-order chi connectivity index (χ1) is 11.9. The first-order valence-electron chi connectivity index (χ1n) is 8.10. The highest BCUT2D eigenvalue weighted by atomic mass is 16.4. The summed E-state index contributed by atoms with van der Waals surface area (Å²) >= 11 is 0. The number of amides is 3. The fraction of sp³-hybridized carbons (Fsp3) is 0.733. The molecule has 0 radical (unpaired) electrons. The maximum absolute atomic E-state index is 12.2. The molecule has 0 saturated carbocycles. The van der Waals surface area contributed by atoms with Crippen molar-refractivity contribution in [3.05, 3.63) is 0 Å². The van der Waals surface area contributed by atoms with E-state index in [2.05, 4.69) is 10.6 Å². The summed E-state index contributed by atoms with van der Waals surface area (Å²) in [5.41, 5.74) is 5.68. The number of carbonyl (C=O) groups excluding carboxylic acids is 3. The minimum atomic E-state index is -1.58. The van der Waals surface area contributed by atoms with Gasteiger partial charge in [-0.15, -0.1) is 0 Å². The number of aliphatic hydroxyl groups excluding tert-OH is 2. The van der Waals surface area contributed by atoms with Crippen molar-refractivity contribution in [1.82, 2.24) is 16.0 Å². The molecule has 5 atom stereocenters. The Hall–Kier alpha value is -2.24. The van der Waals surface area contributed by atoms with E-state index in [4.69, 9.17) is 15.9 Å². The first kappa shape index (κ1) is 23.8. The number of hydrogen-bond donors (Lipinski definition) is 7. The van der Waals surface area contributed by atoms with E-state index in [9.17, 15) is 24.3 Å². The lowest BCUT2D eigenvalue weighted by molar-refractivity contribution is -0.144. The van der Waals surface area contributed by atoms with Crippen LogP contribution in [0.15, 0.2) is 0 Å². The van der Waals surface area contributed by atoms with Crippen molar-refractivity contribution in [3.63, 3.8) is 0 Å². The number of carboxylic acid groups (broad SMARTS) is 1. The maximum Gasteiger partial charge on any atom is 0.328 e. The summed E-state index contributed by atoms with van der Waals surface area (Å²) in [6, 6.07) is -4.92. The van der Waals surface area contributed by atoms with Crippen LogP contribution in [0.4, 0.5) is 0 Å². The molecule has 0 aromatic heterocycles. The fourth-order valence-corrected chi connectivity index (χ4v) is 1.81. The average molecular weight is 376 g/mol. The number of rotatable bonds is 10. The lowest BCUT2D eigenvalue weighted by Crippen LogP contribution is -2.59. The van der Waals surface area contributed by atoms with Crippen molar-refractivity contribution in [3.8, 4) is 0 Å². The molecule has 3 amide bonds. The van der Waals surface area contributed by atoms with Gasteiger partial charge in [-0.1, -0.05) is 13.8 Å². The summed E-state index contributed by atoms with van der Waals surface area (Å²) in [5, 5.41) is 34.1. The largest absolute Gasteiger partial charge is 0.480 e. The van der Waals surface area contributed by atoms with E-state index >= 15 is 0 Å². The van der Waals surface area contributed by atoms with Crippen LogP contribution < -0.4 is 21.7 Å². The number of carbonyl (C=O) groups is 4. The molecule has 11 nitrogen and oxygen atoms in total. The molecule has 0 fully saturated rings. The third-order valence-corrected chi connectivity index (χ3v) is 3.63. The first-order valence-corrected chi connectivity index (χ1v) is 8.10. The average Bonchev–Trinajstić information content (AvgIpc) is 2.55. The standard InChI is InChI=1S/C15H28N4O7/c1-6(2)10(16)13(23)17-7(3)12(22)19-11(8(4)21)14(24)18-9(5-20)15(25)26/h6-11,20-21H,5,16H2,1-4H3,(H,17,23)(H,18,24)(H,19,22)(H,25,26). The Bertz CT molecular complexity index is 524. The molecule has 0 saturated heterocycles. The molecule has 26 heavy (non-hydrogen) atoms. The van der Waals surface area contributed by atoms with Gasteiger partial charge >= 0.3 is 5.97 Å². The molecule has 11 heteroatoms. The van der Waals surface area contributed by atoms with Crippen LogP contribution in [0.3, 0.4) is 0 Å². The molecule has 0 aliphatic carbocycles. The number of carboxylic acids is 1. The normalized spacial score (nSPS) is 16.8. The number of aliphatic hydroxyl groups is 2. The van der Waals surface area contributed by atoms with Crippen LogP contribution in [-0.2, 0) is 19.2 Å². The summed E-state index contributed by atoms with van der Waals surface area (Å²) in [5.74, 6) is -3.93. The molecule has 0 aliphatic heterocycles. The molecular formula is C15H28N4O7. The second-order valence-corrected chi connectivity index (χ2v) is 6.31. The van der Waals surface area contributed by atoms with Gasteiger partial charge in [0.2, 0.25) is 17.7 Å². The van der Waals surface area contributed by atoms with E-state index in [0.717, 1.165) is 0 Å². The maximum atomic E-state index is 12.2. The molecular weight excluding hydrogens is 348 g/mol. The number of aliphatic carboxylic acids is 1. The summed E-state index contributed by atoms with van der Waals surface area (Å²) in [6.45, 7) is 5.20. The van der Waals surface area contributed by atoms with Gasteiger partial charge in [-0.3, -0.25) is 14.4 Å². The molecule has 0 aromatic carbocycles. The second kappa shape index (κ2) is 10.7. The van der Waals surface area contributed by atoms with Crippen LogP contribution in [0.25, 0.3) is 0 Å². The van der Waals surface area contributed by atoms with E-state index in [0.29, 0.717) is 0 Å². The van der Waals surface area contributed by atoms with Crippen molar-refractivity contribution in [1.29, 1.82) is 0 Å². The molecule has 5 unspecified atom stereocenters. The monoisotopic (exact) mass is 376 g/mol. The predicted molar refractivity (Wildman–Crippen MR) is 90.7 cm³/mol. The highest BCUT2D eigenvalue weighted by Crippen LogP contribution is 2.00. The Kier molecular flexibility index (Phi) is 9.76. The zero-order valence-corrected chi connectivity index (χ0v) is 15.2. The molecule has 0 rings (SSSR count). The van der Waals surface area contributed by atoms with Crippen molar-refractivity contribution in [2.24, 2.45) is 11.7 Å². The summed E-state index contributed by atoms with van der Waals surface area (Å²) in [4.78, 5) is 46.9. The van der Waals surface area contributed by atoms with Crippen LogP contribution in [0.1, 0.15) is 27.7 Å². The van der Waals surface area contributed by atoms with E-state index in [-0.39, 0.29) is 5.92 Å². The Balaban J connectivity index is 4.93. The molecule has 0 aromatic rings. The highest BCUT2D eigenvalue weighted by Gasteiger charge is 2.31. The third kappa shape index (κ3) is 7.33. The number of nitrogens with one attached hydrogen (secondary N) is 3. The van der Waals surface area contributed by atoms with Crippen LogP contribution in [0.5, 0.6) is 0 Å². The molecule has 0 aliphatic rings. The lowest BCUT2D eigenvalue weighted by Gasteiger charge is -2.25. The fourth-order valence-electron chi connectivity index (χ4n) is 1.81. The van der Waals surface area contributed by atoms with Crippen molar-refractivity contribution >= 4 is 23.7 Å². The summed E-state index contributed by atoms with van der Waals surface area (Å²) in [6.07, 6.45) is -1.35. The Labute approximate surface area is 151 Å². The van der Waals surface area contributed by atoms with E-state index in [1.165, 1.54) is 13.8 Å². The molecule has 0 heterocycles. The molecule has 150 valence electrons. The van der Waals surface area contributed by atoms with Gasteiger partial charge in [-0.05, 0) is 19.8 Å². The van der Waals surface area contributed by atoms with Gasteiger partial charge in [-0.2, -0.15) is 0 Å². The second-order valence-electron chi connectivity index (χ2n) is 6.31. The summed E-state index contributed by atoms with van der Waals surface area (Å²) in [7, 11) is 0. The predicted octanol–water partition coefficient (Wildman–Crippen LogP) is -3.10. The molecule has 0 spiro atoms. The van der Waals surface area contributed by atoms with Crippen molar-refractivity contribution in [2.45, 2.75) is 58.0 Å². The van der Waals surface area contributed by atoms with Crippen LogP contribution in [0.2, 0.25) is 0 Å². The van der Waals surface area contributed by atoms with E-state index in [1.807, 2.05) is 5.32 Å². The quantitative estimate of drug-likeness (QED) is 0.208. The van der Waals surface area contributed by atoms with E-state index in [1.54, 1.807) is 13.8 Å². The molecule has 8 N–H and O–H groups in total. The Morgan fingerprint density at radius 2 is 1.46 bits per heavy atom. The van der Waals surface area contributed by atoms with Gasteiger partial charge in [0.05, 0.1) is 18.8 Å². The Morgan fingerprint density at radius 1 is 0.923 bits per heavy atom. The van der Waals surface area contributed by atoms with Gasteiger partial charge < -0.3 is 37.0 Å². The van der Waals surface area contributed by atoms with Crippen LogP contribution in [-0.4, -0.2) is 75.9 Å². The zero-order valence-electron chi connectivity index (χ0n) is 15.2. The minimum Gasteiger partial charge on any atom is -0.480 e. The molecule has 0 bridgehead atoms. The van der Waals surface area contributed by atoms with Gasteiger partial charge in [0.15, 0.2) is 0 Å². The SMILES string of the molecule is CC(NC(=O)C(N)C(C)C)C(=O)NC(C(=O)NC(CO)C(=O)O)C(C)O. The van der Waals surface area contributed by atoms with E-state index < -0.39 is 60.6 Å². The van der Waals surface area contributed by atoms with Crippen LogP contribution >= 0.6 is 0 Å². The highest BCUT2D eigenvalue weighted by molar-refractivity contribution is 5.94. The number of hydrogen-bond acceptors (Lipinski definition) is 7. The summed E-state index contributed by atoms with van der Waals surface area (Å²) < 4.78 is 0. The van der Waals surface area contributed by atoms with Crippen molar-refractivity contribution in [2.75, 3.05) is 6.61 Å². The van der Waals surface area contributed by atoms with Crippen molar-refractivity contribution < 1.29 is 34.5 Å². The topological polar surface area (TPSA) is 191 Å². The van der Waals surface area contributed by atoms with Gasteiger partial charge in [0.25, 0.3) is 0 Å². The minimum absolute atomic E-state index is 0.146. The number of nitrogens with two attached hydrogens (primary N) is 1. The van der Waals surface area contributed by atoms with Gasteiger partial charge in [0, 0.05) is 0 Å². The third-order valence-electron chi connectivity index (χ3n) is 3.63. The lowest BCUT2D eigenvalue weighted by atomic mass is 10.0. The Morgan fingerprint density at radius 3 is 1.85 bits per heavy atom. The van der Waals surface area contributed by atoms with Gasteiger partial charge in [0.1, 0.15) is 18.1 Å². The zero-order chi connectivity index (χ0) is 20.6. The van der Waals surface area contributed by atoms with Crippen LogP contribution in [0, 0.1) is 5.92 Å².